The Hall–Kier alpha value is -4.13. The number of nitrogens with one attached hydrogen (secondary N) is 1. The predicted octanol–water partition coefficient (Wildman–Crippen LogP) is 12.3. The number of allylic oxidation sites excluding steroid dienone is 6. The molecule has 4 bridgehead atoms. The normalized spacial score (nSPS) is 22.3. The van der Waals surface area contributed by atoms with Crippen molar-refractivity contribution in [3.8, 4) is 5.75 Å². The van der Waals surface area contributed by atoms with Crippen LogP contribution < -0.4 is 10.1 Å². The summed E-state index contributed by atoms with van der Waals surface area (Å²) in [5, 5.41) is 3.74. The van der Waals surface area contributed by atoms with Crippen LogP contribution in [-0.4, -0.2) is 45.6 Å². The van der Waals surface area contributed by atoms with E-state index in [4.69, 9.17) is 18.9 Å². The maximum absolute atomic E-state index is 13.0. The van der Waals surface area contributed by atoms with Gasteiger partial charge < -0.3 is 24.3 Å². The van der Waals surface area contributed by atoms with E-state index < -0.39 is 0 Å². The second kappa shape index (κ2) is 19.3. The van der Waals surface area contributed by atoms with Gasteiger partial charge in [0.2, 0.25) is 0 Å². The zero-order valence-corrected chi connectivity index (χ0v) is 36.0. The zero-order chi connectivity index (χ0) is 40.6. The molecule has 4 fully saturated rings. The van der Waals surface area contributed by atoms with Crippen molar-refractivity contribution in [3.63, 3.8) is 0 Å². The molecule has 0 heterocycles. The molecule has 0 atom stereocenters. The Morgan fingerprint density at radius 1 is 0.690 bits per heavy atom. The van der Waals surface area contributed by atoms with Gasteiger partial charge in [-0.2, -0.15) is 0 Å². The van der Waals surface area contributed by atoms with E-state index in [1.165, 1.54) is 58.2 Å². The predicted molar refractivity (Wildman–Crippen MR) is 237 cm³/mol. The first-order valence-electron chi connectivity index (χ1n) is 22.2. The topological polar surface area (TPSA) is 66.0 Å². The van der Waals surface area contributed by atoms with Crippen LogP contribution >= 0.6 is 0 Å². The molecule has 0 saturated heterocycles. The lowest BCUT2D eigenvalue weighted by Gasteiger charge is -2.55. The van der Waals surface area contributed by atoms with Gasteiger partial charge >= 0.3 is 5.97 Å². The molecule has 0 radical (unpaired) electrons. The molecular formula is C52H67NO5. The number of hydrogen-bond donors (Lipinski definition) is 1. The third kappa shape index (κ3) is 10.4. The summed E-state index contributed by atoms with van der Waals surface area (Å²) in [4.78, 5) is 13.0. The Morgan fingerprint density at radius 2 is 1.26 bits per heavy atom. The van der Waals surface area contributed by atoms with Crippen LogP contribution in [0.15, 0.2) is 85.0 Å². The summed E-state index contributed by atoms with van der Waals surface area (Å²) in [6.07, 6.45) is 16.9. The van der Waals surface area contributed by atoms with Crippen LogP contribution in [0.25, 0.3) is 11.1 Å². The van der Waals surface area contributed by atoms with Crippen molar-refractivity contribution < 1.29 is 23.7 Å². The molecule has 0 spiro atoms. The van der Waals surface area contributed by atoms with Crippen molar-refractivity contribution in [1.82, 2.24) is 0 Å². The third-order valence-electron chi connectivity index (χ3n) is 13.1. The SMILES string of the molecule is CC(C)c1cc(C(C)C)c(CNc2ccc(C3=CC=C(c4ccc(OCCOCCOCCOC(=O)C56CC7CC(CC(C7)C5)C6)cc4)C=CC3)cc2)c(C(C)C)c1. The molecule has 0 unspecified atom stereocenters. The number of esters is 1. The summed E-state index contributed by atoms with van der Waals surface area (Å²) in [5.41, 5.74) is 11.6. The molecule has 0 amide bonds. The number of benzene rings is 3. The number of rotatable bonds is 19. The summed E-state index contributed by atoms with van der Waals surface area (Å²) in [7, 11) is 0. The van der Waals surface area contributed by atoms with E-state index in [9.17, 15) is 4.79 Å². The number of ether oxygens (including phenoxy) is 4. The molecule has 8 rings (SSSR count). The zero-order valence-electron chi connectivity index (χ0n) is 36.0. The van der Waals surface area contributed by atoms with Crippen molar-refractivity contribution in [2.45, 2.75) is 111 Å². The fraction of sp³-hybridized carbons (Fsp3) is 0.519. The minimum atomic E-state index is -0.200. The van der Waals surface area contributed by atoms with Crippen LogP contribution in [0.3, 0.4) is 0 Å². The van der Waals surface area contributed by atoms with E-state index in [2.05, 4.69) is 120 Å². The summed E-state index contributed by atoms with van der Waals surface area (Å²) in [5.74, 6) is 4.54. The van der Waals surface area contributed by atoms with Gasteiger partial charge in [0, 0.05) is 12.2 Å². The van der Waals surface area contributed by atoms with E-state index in [0.717, 1.165) is 67.0 Å². The highest BCUT2D eigenvalue weighted by atomic mass is 16.6. The van der Waals surface area contributed by atoms with Gasteiger partial charge in [0.25, 0.3) is 0 Å². The number of carbonyl (C=O) groups excluding carboxylic acids is 1. The van der Waals surface area contributed by atoms with Crippen molar-refractivity contribution >= 4 is 22.8 Å². The molecular weight excluding hydrogens is 719 g/mol. The van der Waals surface area contributed by atoms with Crippen LogP contribution in [0.4, 0.5) is 5.69 Å². The molecule has 5 aliphatic carbocycles. The minimum absolute atomic E-state index is 0.0236. The monoisotopic (exact) mass is 786 g/mol. The van der Waals surface area contributed by atoms with Crippen molar-refractivity contribution in [3.05, 3.63) is 118 Å². The van der Waals surface area contributed by atoms with Crippen LogP contribution in [0.5, 0.6) is 5.75 Å². The minimum Gasteiger partial charge on any atom is -0.491 e. The molecule has 6 nitrogen and oxygen atoms in total. The molecule has 3 aromatic rings. The Kier molecular flexibility index (Phi) is 14.0. The maximum atomic E-state index is 13.0. The second-order valence-electron chi connectivity index (χ2n) is 18.4. The van der Waals surface area contributed by atoms with E-state index >= 15 is 0 Å². The lowest BCUT2D eigenvalue weighted by atomic mass is 9.49. The van der Waals surface area contributed by atoms with E-state index in [1.54, 1.807) is 0 Å². The van der Waals surface area contributed by atoms with Gasteiger partial charge in [-0.25, -0.2) is 0 Å². The first-order chi connectivity index (χ1) is 28.1. The van der Waals surface area contributed by atoms with Gasteiger partial charge in [-0.15, -0.1) is 0 Å². The van der Waals surface area contributed by atoms with E-state index in [1.807, 2.05) is 12.1 Å². The molecule has 4 saturated carbocycles. The van der Waals surface area contributed by atoms with Gasteiger partial charge in [0.1, 0.15) is 19.0 Å². The summed E-state index contributed by atoms with van der Waals surface area (Å²) in [6, 6.07) is 22.0. The Balaban J connectivity index is 0.811. The van der Waals surface area contributed by atoms with Gasteiger partial charge in [-0.05, 0) is 149 Å². The number of carbonyl (C=O) groups is 1. The lowest BCUT2D eigenvalue weighted by molar-refractivity contribution is -0.173. The third-order valence-corrected chi connectivity index (χ3v) is 13.1. The largest absolute Gasteiger partial charge is 0.491 e. The Bertz CT molecular complexity index is 1870. The smallest absolute Gasteiger partial charge is 0.312 e. The van der Waals surface area contributed by atoms with Crippen molar-refractivity contribution in [2.75, 3.05) is 45.0 Å². The number of hydrogen-bond acceptors (Lipinski definition) is 6. The average Bonchev–Trinajstić information content (AvgIpc) is 3.47. The highest BCUT2D eigenvalue weighted by Gasteiger charge is 2.55. The second-order valence-corrected chi connectivity index (χ2v) is 18.4. The van der Waals surface area contributed by atoms with Crippen molar-refractivity contribution in [1.29, 1.82) is 0 Å². The van der Waals surface area contributed by atoms with Gasteiger partial charge in [0.15, 0.2) is 0 Å². The van der Waals surface area contributed by atoms with Crippen LogP contribution in [0.1, 0.15) is 138 Å². The molecule has 1 N–H and O–H groups in total. The Morgan fingerprint density at radius 3 is 1.84 bits per heavy atom. The fourth-order valence-corrected chi connectivity index (χ4v) is 10.3. The van der Waals surface area contributed by atoms with Gasteiger partial charge in [-0.3, -0.25) is 4.79 Å². The first kappa shape index (κ1) is 42.0. The van der Waals surface area contributed by atoms with Crippen LogP contribution in [-0.2, 0) is 25.5 Å². The van der Waals surface area contributed by atoms with Crippen LogP contribution in [0, 0.1) is 23.2 Å². The maximum Gasteiger partial charge on any atom is 0.312 e. The van der Waals surface area contributed by atoms with Crippen molar-refractivity contribution in [2.24, 2.45) is 23.2 Å². The molecule has 58 heavy (non-hydrogen) atoms. The molecule has 0 aromatic heterocycles. The molecule has 6 heteroatoms. The molecule has 3 aromatic carbocycles. The number of anilines is 1. The summed E-state index contributed by atoms with van der Waals surface area (Å²) in [6.45, 7) is 17.3. The highest BCUT2D eigenvalue weighted by molar-refractivity contribution is 5.81. The molecule has 310 valence electrons. The lowest BCUT2D eigenvalue weighted by Crippen LogP contribution is -2.50. The average molecular weight is 786 g/mol. The Labute approximate surface area is 348 Å². The molecule has 0 aliphatic heterocycles. The summed E-state index contributed by atoms with van der Waals surface area (Å²) >= 11 is 0. The van der Waals surface area contributed by atoms with E-state index in [0.29, 0.717) is 57.4 Å². The quantitative estimate of drug-likeness (QED) is 0.0964. The van der Waals surface area contributed by atoms with Crippen LogP contribution in [0.2, 0.25) is 0 Å². The fourth-order valence-electron chi connectivity index (χ4n) is 10.3. The highest BCUT2D eigenvalue weighted by Crippen LogP contribution is 2.60. The standard InChI is InChI=1S/C52H67NO5/c1-35(2)45-29-48(36(3)4)50(49(30-45)37(5)6)34-53-46-16-12-43(13-17-46)41-8-7-9-42(11-10-41)44-14-18-47(19-15-44)57-24-22-55-20-21-56-23-25-58-51(54)52-31-38-26-39(32-52)28-40(27-38)33-52/h7,9-19,29-30,35-40,53H,8,20-28,31-34H2,1-6H3. The van der Waals surface area contributed by atoms with E-state index in [-0.39, 0.29) is 11.4 Å². The summed E-state index contributed by atoms with van der Waals surface area (Å²) < 4.78 is 23.0. The first-order valence-corrected chi connectivity index (χ1v) is 22.2. The van der Waals surface area contributed by atoms with Gasteiger partial charge in [0.05, 0.1) is 31.8 Å². The molecule has 5 aliphatic rings. The van der Waals surface area contributed by atoms with Gasteiger partial charge in [-0.1, -0.05) is 102 Å².